The maximum absolute atomic E-state index is 6.31. The summed E-state index contributed by atoms with van der Waals surface area (Å²) in [6, 6.07) is 19.4. The van der Waals surface area contributed by atoms with Crippen LogP contribution in [0.15, 0.2) is 65.2 Å². The number of hydrogen-bond acceptors (Lipinski definition) is 2. The van der Waals surface area contributed by atoms with Crippen LogP contribution in [0.1, 0.15) is 30.5 Å². The van der Waals surface area contributed by atoms with E-state index in [9.17, 15) is 0 Å². The van der Waals surface area contributed by atoms with Crippen molar-refractivity contribution in [3.05, 3.63) is 77.5 Å². The Morgan fingerprint density at radius 3 is 2.63 bits per heavy atom. The van der Waals surface area contributed by atoms with Crippen molar-refractivity contribution in [3.8, 4) is 11.3 Å². The lowest BCUT2D eigenvalue weighted by molar-refractivity contribution is 0.645. The fourth-order valence-electron chi connectivity index (χ4n) is 4.90. The SMILES string of the molecule is Cc1ccc2c3c1oc1cccc(c13)-c1ncc3ccccc3c1C2(C)C. The molecule has 2 nitrogen and oxygen atoms in total. The van der Waals surface area contributed by atoms with Crippen LogP contribution < -0.4 is 0 Å². The molecule has 0 N–H and O–H groups in total. The molecule has 130 valence electrons. The van der Waals surface area contributed by atoms with Crippen LogP contribution in [0.4, 0.5) is 0 Å². The second kappa shape index (κ2) is 4.77. The van der Waals surface area contributed by atoms with E-state index in [0.29, 0.717) is 0 Å². The Morgan fingerprint density at radius 2 is 1.74 bits per heavy atom. The van der Waals surface area contributed by atoms with Crippen molar-refractivity contribution in [2.75, 3.05) is 0 Å². The second-order valence-corrected chi connectivity index (χ2v) is 8.11. The van der Waals surface area contributed by atoms with E-state index in [1.165, 1.54) is 43.8 Å². The molecule has 3 aromatic carbocycles. The number of fused-ring (bicyclic) bond motifs is 4. The zero-order chi connectivity index (χ0) is 18.3. The molecule has 0 bridgehead atoms. The van der Waals surface area contributed by atoms with Crippen LogP contribution in [0.3, 0.4) is 0 Å². The van der Waals surface area contributed by atoms with Gasteiger partial charge < -0.3 is 4.42 Å². The zero-order valence-corrected chi connectivity index (χ0v) is 15.6. The highest BCUT2D eigenvalue weighted by Gasteiger charge is 2.36. The van der Waals surface area contributed by atoms with Crippen LogP contribution in [0.25, 0.3) is 44.0 Å². The van der Waals surface area contributed by atoms with Gasteiger partial charge in [-0.15, -0.1) is 0 Å². The molecule has 0 saturated heterocycles. The normalized spacial score (nSPS) is 14.8. The van der Waals surface area contributed by atoms with Gasteiger partial charge in [-0.1, -0.05) is 62.4 Å². The van der Waals surface area contributed by atoms with Crippen LogP contribution in [0.5, 0.6) is 0 Å². The Hall–Kier alpha value is -3.13. The number of pyridine rings is 1. The van der Waals surface area contributed by atoms with Gasteiger partial charge in [-0.25, -0.2) is 0 Å². The van der Waals surface area contributed by atoms with Crippen LogP contribution in [-0.4, -0.2) is 4.98 Å². The van der Waals surface area contributed by atoms with E-state index in [-0.39, 0.29) is 5.41 Å². The third-order valence-corrected chi connectivity index (χ3v) is 6.20. The molecule has 0 saturated carbocycles. The number of aromatic nitrogens is 1. The predicted molar refractivity (Wildman–Crippen MR) is 111 cm³/mol. The van der Waals surface area contributed by atoms with Gasteiger partial charge in [-0.05, 0) is 35.1 Å². The van der Waals surface area contributed by atoms with Crippen LogP contribution in [0.2, 0.25) is 0 Å². The highest BCUT2D eigenvalue weighted by atomic mass is 16.3. The average molecular weight is 349 g/mol. The molecule has 2 heterocycles. The Kier molecular flexibility index (Phi) is 2.65. The van der Waals surface area contributed by atoms with Gasteiger partial charge in [0.15, 0.2) is 0 Å². The molecular formula is C25H19NO. The van der Waals surface area contributed by atoms with E-state index in [1.54, 1.807) is 0 Å². The summed E-state index contributed by atoms with van der Waals surface area (Å²) in [7, 11) is 0. The van der Waals surface area contributed by atoms with E-state index < -0.39 is 0 Å². The lowest BCUT2D eigenvalue weighted by Gasteiger charge is -2.29. The summed E-state index contributed by atoms with van der Waals surface area (Å²) in [5.74, 6) is 0. The van der Waals surface area contributed by atoms with Crippen LogP contribution >= 0.6 is 0 Å². The fourth-order valence-corrected chi connectivity index (χ4v) is 4.90. The van der Waals surface area contributed by atoms with Gasteiger partial charge in [0.05, 0.1) is 5.69 Å². The summed E-state index contributed by atoms with van der Waals surface area (Å²) in [5, 5.41) is 4.90. The summed E-state index contributed by atoms with van der Waals surface area (Å²) < 4.78 is 6.31. The maximum Gasteiger partial charge on any atom is 0.138 e. The van der Waals surface area contributed by atoms with Crippen LogP contribution in [0, 0.1) is 6.92 Å². The summed E-state index contributed by atoms with van der Waals surface area (Å²) in [4.78, 5) is 4.96. The molecule has 0 radical (unpaired) electrons. The number of hydrogen-bond donors (Lipinski definition) is 0. The summed E-state index contributed by atoms with van der Waals surface area (Å²) in [6.45, 7) is 6.75. The first kappa shape index (κ1) is 15.0. The van der Waals surface area contributed by atoms with Gasteiger partial charge in [0.25, 0.3) is 0 Å². The first-order chi connectivity index (χ1) is 13.1. The van der Waals surface area contributed by atoms with Gasteiger partial charge in [0.2, 0.25) is 0 Å². The number of benzene rings is 3. The summed E-state index contributed by atoms with van der Waals surface area (Å²) in [5.41, 5.74) is 7.78. The Balaban J connectivity index is 1.96. The van der Waals surface area contributed by atoms with Gasteiger partial charge >= 0.3 is 0 Å². The molecule has 5 aromatic rings. The molecule has 0 unspecified atom stereocenters. The molecule has 2 heteroatoms. The Labute approximate surface area is 157 Å². The van der Waals surface area contributed by atoms with Crippen LogP contribution in [-0.2, 0) is 5.41 Å². The van der Waals surface area contributed by atoms with E-state index in [0.717, 1.165) is 16.9 Å². The van der Waals surface area contributed by atoms with Crippen molar-refractivity contribution >= 4 is 32.7 Å². The highest BCUT2D eigenvalue weighted by molar-refractivity contribution is 6.16. The summed E-state index contributed by atoms with van der Waals surface area (Å²) in [6.07, 6.45) is 2.00. The van der Waals surface area contributed by atoms with Crippen molar-refractivity contribution in [3.63, 3.8) is 0 Å². The molecule has 6 rings (SSSR count). The minimum atomic E-state index is -0.190. The number of nitrogens with zero attached hydrogens (tertiary/aromatic N) is 1. The maximum atomic E-state index is 6.31. The van der Waals surface area contributed by atoms with Crippen molar-refractivity contribution in [1.29, 1.82) is 0 Å². The number of aryl methyl sites for hydroxylation is 1. The molecule has 27 heavy (non-hydrogen) atoms. The first-order valence-corrected chi connectivity index (χ1v) is 9.41. The topological polar surface area (TPSA) is 26.0 Å². The molecule has 1 aliphatic carbocycles. The first-order valence-electron chi connectivity index (χ1n) is 9.41. The molecule has 0 atom stereocenters. The number of furan rings is 1. The second-order valence-electron chi connectivity index (χ2n) is 8.11. The van der Waals surface area contributed by atoms with Crippen molar-refractivity contribution in [2.24, 2.45) is 0 Å². The molecule has 1 aliphatic rings. The van der Waals surface area contributed by atoms with Gasteiger partial charge in [0, 0.05) is 33.3 Å². The predicted octanol–water partition coefficient (Wildman–Crippen LogP) is 6.75. The van der Waals surface area contributed by atoms with E-state index in [2.05, 4.69) is 75.4 Å². The van der Waals surface area contributed by atoms with Crippen molar-refractivity contribution in [2.45, 2.75) is 26.2 Å². The highest BCUT2D eigenvalue weighted by Crippen LogP contribution is 2.51. The molecule has 0 spiro atoms. The molecule has 0 aliphatic heterocycles. The zero-order valence-electron chi connectivity index (χ0n) is 15.6. The molecular weight excluding hydrogens is 330 g/mol. The molecule has 0 amide bonds. The summed E-state index contributed by atoms with van der Waals surface area (Å²) >= 11 is 0. The van der Waals surface area contributed by atoms with E-state index >= 15 is 0 Å². The number of rotatable bonds is 0. The van der Waals surface area contributed by atoms with E-state index in [4.69, 9.17) is 9.40 Å². The Morgan fingerprint density at radius 1 is 0.889 bits per heavy atom. The standard InChI is InChI=1S/C25H19NO/c1-14-11-12-18-21-20-17(9-6-10-19(20)27-24(14)21)23-22(25(18,2)3)16-8-5-4-7-15(16)13-26-23/h4-13H,1-3H3. The minimum absolute atomic E-state index is 0.190. The Bertz CT molecular complexity index is 1400. The monoisotopic (exact) mass is 349 g/mol. The molecule has 0 fully saturated rings. The third kappa shape index (κ3) is 1.73. The minimum Gasteiger partial charge on any atom is -0.456 e. The lowest BCUT2D eigenvalue weighted by Crippen LogP contribution is -2.20. The van der Waals surface area contributed by atoms with Gasteiger partial charge in [0.1, 0.15) is 11.2 Å². The third-order valence-electron chi connectivity index (χ3n) is 6.20. The van der Waals surface area contributed by atoms with Crippen molar-refractivity contribution in [1.82, 2.24) is 4.98 Å². The van der Waals surface area contributed by atoms with Crippen molar-refractivity contribution < 1.29 is 4.42 Å². The van der Waals surface area contributed by atoms with Gasteiger partial charge in [-0.2, -0.15) is 0 Å². The largest absolute Gasteiger partial charge is 0.456 e. The average Bonchev–Trinajstić information content (AvgIpc) is 3.04. The molecule has 2 aromatic heterocycles. The smallest absolute Gasteiger partial charge is 0.138 e. The fraction of sp³-hybridized carbons (Fsp3) is 0.160. The van der Waals surface area contributed by atoms with Gasteiger partial charge in [-0.3, -0.25) is 4.98 Å². The van der Waals surface area contributed by atoms with E-state index in [1.807, 2.05) is 6.20 Å². The quantitative estimate of drug-likeness (QED) is 0.309. The lowest BCUT2D eigenvalue weighted by atomic mass is 9.75.